The Morgan fingerprint density at radius 1 is 1.11 bits per heavy atom. The van der Waals surface area contributed by atoms with Crippen LogP contribution in [0.25, 0.3) is 10.9 Å². The maximum absolute atomic E-state index is 9.55. The third-order valence-electron chi connectivity index (χ3n) is 7.94. The highest BCUT2D eigenvalue weighted by molar-refractivity contribution is 5.95. The first-order chi connectivity index (χ1) is 17.2. The molecule has 0 amide bonds. The zero-order valence-corrected chi connectivity index (χ0v) is 20.4. The minimum Gasteiger partial charge on any atom is -0.378 e. The molecule has 1 aromatic heterocycles. The number of anilines is 2. The third kappa shape index (κ3) is 3.92. The minimum atomic E-state index is 0.211. The SMILES string of the molecule is COC1CNCCN(c2ccc3c(c2)CN2[C@H](C)CN(c4ccc(C#N)c5ncccc45)C[C@H]32)C1. The Hall–Kier alpha value is -3.18. The van der Waals surface area contributed by atoms with E-state index in [0.29, 0.717) is 17.6 Å². The largest absolute Gasteiger partial charge is 0.378 e. The lowest BCUT2D eigenvalue weighted by atomic mass is 9.99. The number of nitrogens with zero attached hydrogens (tertiary/aromatic N) is 5. The molecule has 0 radical (unpaired) electrons. The van der Waals surface area contributed by atoms with Crippen LogP contribution in [0.4, 0.5) is 11.4 Å². The number of nitriles is 1. The molecular weight excluding hydrogens is 436 g/mol. The monoisotopic (exact) mass is 468 g/mol. The number of hydrogen-bond acceptors (Lipinski definition) is 7. The summed E-state index contributed by atoms with van der Waals surface area (Å²) in [7, 11) is 1.80. The van der Waals surface area contributed by atoms with Gasteiger partial charge in [0.25, 0.3) is 0 Å². The van der Waals surface area contributed by atoms with E-state index in [1.54, 1.807) is 13.3 Å². The van der Waals surface area contributed by atoms with Gasteiger partial charge in [0.05, 0.1) is 23.2 Å². The Balaban J connectivity index is 1.30. The summed E-state index contributed by atoms with van der Waals surface area (Å²) in [5.74, 6) is 0. The molecule has 0 bridgehead atoms. The summed E-state index contributed by atoms with van der Waals surface area (Å²) in [6.07, 6.45) is 1.98. The van der Waals surface area contributed by atoms with E-state index in [-0.39, 0.29) is 6.10 Å². The van der Waals surface area contributed by atoms with Gasteiger partial charge < -0.3 is 19.9 Å². The summed E-state index contributed by atoms with van der Waals surface area (Å²) in [6, 6.07) is 18.2. The maximum Gasteiger partial charge on any atom is 0.101 e. The summed E-state index contributed by atoms with van der Waals surface area (Å²) in [5, 5.41) is 14.1. The molecule has 0 aliphatic carbocycles. The molecule has 7 nitrogen and oxygen atoms in total. The van der Waals surface area contributed by atoms with Crippen molar-refractivity contribution < 1.29 is 4.74 Å². The molecule has 2 aromatic carbocycles. The van der Waals surface area contributed by atoms with Crippen LogP contribution in [-0.2, 0) is 11.3 Å². The molecule has 1 N–H and O–H groups in total. The number of methoxy groups -OCH3 is 1. The Morgan fingerprint density at radius 2 is 2.03 bits per heavy atom. The highest BCUT2D eigenvalue weighted by Crippen LogP contribution is 2.42. The molecule has 7 heteroatoms. The Kier molecular flexibility index (Phi) is 5.81. The van der Waals surface area contributed by atoms with E-state index in [0.717, 1.165) is 56.7 Å². The van der Waals surface area contributed by atoms with Crippen molar-refractivity contribution in [1.82, 2.24) is 15.2 Å². The number of ether oxygens (including phenoxy) is 1. The van der Waals surface area contributed by atoms with Crippen LogP contribution in [0.3, 0.4) is 0 Å². The van der Waals surface area contributed by atoms with Crippen molar-refractivity contribution in [2.24, 2.45) is 0 Å². The molecule has 3 aliphatic heterocycles. The molecule has 6 rings (SSSR count). The Labute approximate surface area is 206 Å². The van der Waals surface area contributed by atoms with Gasteiger partial charge in [0.1, 0.15) is 6.07 Å². The number of piperazine rings is 1. The molecule has 0 saturated carbocycles. The number of hydrogen-bond donors (Lipinski definition) is 1. The van der Waals surface area contributed by atoms with Crippen molar-refractivity contribution in [2.45, 2.75) is 31.7 Å². The van der Waals surface area contributed by atoms with Gasteiger partial charge >= 0.3 is 0 Å². The van der Waals surface area contributed by atoms with Crippen LogP contribution in [0, 0.1) is 11.3 Å². The molecule has 35 heavy (non-hydrogen) atoms. The standard InChI is InChI=1S/C28H32N6O/c1-19-15-33(26-8-5-20(13-29)28-25(26)4-3-9-31-28)18-27-24-7-6-22(12-21(24)16-34(19)27)32-11-10-30-14-23(17-32)35-2/h3-9,12,19,23,27,30H,10-11,14-18H2,1-2H3/t19-,23?,27-/m1/s1. The molecule has 2 fully saturated rings. The molecule has 3 aromatic rings. The van der Waals surface area contributed by atoms with Crippen molar-refractivity contribution >= 4 is 22.3 Å². The fourth-order valence-corrected chi connectivity index (χ4v) is 6.10. The number of fused-ring (bicyclic) bond motifs is 4. The highest BCUT2D eigenvalue weighted by Gasteiger charge is 2.39. The van der Waals surface area contributed by atoms with Crippen LogP contribution in [0.1, 0.15) is 29.7 Å². The summed E-state index contributed by atoms with van der Waals surface area (Å²) < 4.78 is 5.67. The van der Waals surface area contributed by atoms with E-state index in [4.69, 9.17) is 4.74 Å². The zero-order chi connectivity index (χ0) is 23.9. The van der Waals surface area contributed by atoms with E-state index < -0.39 is 0 Å². The Bertz CT molecular complexity index is 1290. The average Bonchev–Trinajstić information content (AvgIpc) is 3.09. The molecule has 1 unspecified atom stereocenters. The highest BCUT2D eigenvalue weighted by atomic mass is 16.5. The van der Waals surface area contributed by atoms with Crippen molar-refractivity contribution in [3.05, 3.63) is 65.4 Å². The lowest BCUT2D eigenvalue weighted by molar-refractivity contribution is 0.112. The topological polar surface area (TPSA) is 67.7 Å². The third-order valence-corrected chi connectivity index (χ3v) is 7.94. The molecular formula is C28H32N6O. The fourth-order valence-electron chi connectivity index (χ4n) is 6.10. The minimum absolute atomic E-state index is 0.211. The van der Waals surface area contributed by atoms with Gasteiger partial charge in [-0.05, 0) is 54.4 Å². The van der Waals surface area contributed by atoms with E-state index >= 15 is 0 Å². The summed E-state index contributed by atoms with van der Waals surface area (Å²) in [5.41, 5.74) is 6.78. The van der Waals surface area contributed by atoms with Gasteiger partial charge in [0.15, 0.2) is 0 Å². The molecule has 180 valence electrons. The van der Waals surface area contributed by atoms with Crippen LogP contribution < -0.4 is 15.1 Å². The van der Waals surface area contributed by atoms with E-state index in [9.17, 15) is 5.26 Å². The molecule has 4 heterocycles. The van der Waals surface area contributed by atoms with Gasteiger partial charge in [-0.25, -0.2) is 0 Å². The van der Waals surface area contributed by atoms with Gasteiger partial charge in [-0.1, -0.05) is 6.07 Å². The first-order valence-corrected chi connectivity index (χ1v) is 12.6. The number of pyridine rings is 1. The second-order valence-corrected chi connectivity index (χ2v) is 9.98. The van der Waals surface area contributed by atoms with Crippen molar-refractivity contribution in [1.29, 1.82) is 5.26 Å². The average molecular weight is 469 g/mol. The predicted molar refractivity (Wildman–Crippen MR) is 139 cm³/mol. The number of benzene rings is 2. The Morgan fingerprint density at radius 3 is 2.89 bits per heavy atom. The van der Waals surface area contributed by atoms with Gasteiger partial charge in [-0.2, -0.15) is 5.26 Å². The van der Waals surface area contributed by atoms with Crippen molar-refractivity contribution in [3.8, 4) is 6.07 Å². The van der Waals surface area contributed by atoms with Crippen LogP contribution in [-0.4, -0.2) is 68.4 Å². The molecule has 0 spiro atoms. The summed E-state index contributed by atoms with van der Waals surface area (Å²) in [6.45, 7) is 9.02. The summed E-state index contributed by atoms with van der Waals surface area (Å²) in [4.78, 5) is 12.1. The van der Waals surface area contributed by atoms with Crippen LogP contribution in [0.15, 0.2) is 48.7 Å². The van der Waals surface area contributed by atoms with Crippen molar-refractivity contribution in [2.75, 3.05) is 56.2 Å². The van der Waals surface area contributed by atoms with Gasteiger partial charge in [-0.3, -0.25) is 9.88 Å². The lowest BCUT2D eigenvalue weighted by Crippen LogP contribution is -2.51. The first kappa shape index (κ1) is 22.3. The van der Waals surface area contributed by atoms with Crippen LogP contribution in [0.2, 0.25) is 0 Å². The first-order valence-electron chi connectivity index (χ1n) is 12.6. The predicted octanol–water partition coefficient (Wildman–Crippen LogP) is 3.30. The molecule has 2 saturated heterocycles. The second kappa shape index (κ2) is 9.12. The number of nitrogens with one attached hydrogen (secondary N) is 1. The maximum atomic E-state index is 9.55. The fraction of sp³-hybridized carbons (Fsp3) is 0.429. The number of aromatic nitrogens is 1. The molecule has 3 atom stereocenters. The van der Waals surface area contributed by atoms with Gasteiger partial charge in [-0.15, -0.1) is 0 Å². The zero-order valence-electron chi connectivity index (χ0n) is 20.4. The van der Waals surface area contributed by atoms with E-state index in [1.807, 2.05) is 12.1 Å². The second-order valence-electron chi connectivity index (χ2n) is 9.98. The quantitative estimate of drug-likeness (QED) is 0.633. The van der Waals surface area contributed by atoms with Crippen molar-refractivity contribution in [3.63, 3.8) is 0 Å². The normalized spacial score (nSPS) is 24.7. The van der Waals surface area contributed by atoms with E-state index in [2.05, 4.69) is 68.3 Å². The van der Waals surface area contributed by atoms with Crippen LogP contribution >= 0.6 is 0 Å². The van der Waals surface area contributed by atoms with Crippen LogP contribution in [0.5, 0.6) is 0 Å². The van der Waals surface area contributed by atoms with Gasteiger partial charge in [0.2, 0.25) is 0 Å². The van der Waals surface area contributed by atoms with Gasteiger partial charge in [0, 0.05) is 81.9 Å². The smallest absolute Gasteiger partial charge is 0.101 e. The lowest BCUT2D eigenvalue weighted by Gasteiger charge is -2.44. The number of rotatable bonds is 3. The van der Waals surface area contributed by atoms with E-state index in [1.165, 1.54) is 22.5 Å². The molecule has 3 aliphatic rings. The summed E-state index contributed by atoms with van der Waals surface area (Å²) >= 11 is 0.